The summed E-state index contributed by atoms with van der Waals surface area (Å²) in [7, 11) is 0. The SMILES string of the molecule is CCC(NC(=O)c1ccc([N+](=O)[O-])cc1F)C1CCOCC1. The van der Waals surface area contributed by atoms with Crippen LogP contribution >= 0.6 is 0 Å². The molecule has 1 N–H and O–H groups in total. The number of benzene rings is 1. The number of hydrogen-bond acceptors (Lipinski definition) is 4. The molecule has 0 aliphatic carbocycles. The molecule has 2 rings (SSSR count). The Bertz CT molecular complexity index is 558. The Kier molecular flexibility index (Phi) is 5.43. The number of rotatable bonds is 5. The van der Waals surface area contributed by atoms with Gasteiger partial charge in [-0.3, -0.25) is 14.9 Å². The number of hydrogen-bond donors (Lipinski definition) is 1. The number of non-ortho nitro benzene ring substituents is 1. The average molecular weight is 310 g/mol. The molecule has 1 unspecified atom stereocenters. The van der Waals surface area contributed by atoms with Crippen molar-refractivity contribution in [3.63, 3.8) is 0 Å². The molecule has 0 saturated carbocycles. The summed E-state index contributed by atoms with van der Waals surface area (Å²) in [6, 6.07) is 3.00. The second-order valence-corrected chi connectivity index (χ2v) is 5.36. The summed E-state index contributed by atoms with van der Waals surface area (Å²) in [6.07, 6.45) is 2.47. The van der Waals surface area contributed by atoms with Gasteiger partial charge in [0.1, 0.15) is 5.82 Å². The fourth-order valence-electron chi connectivity index (χ4n) is 2.72. The highest BCUT2D eigenvalue weighted by atomic mass is 19.1. The topological polar surface area (TPSA) is 81.5 Å². The van der Waals surface area contributed by atoms with E-state index in [-0.39, 0.29) is 17.3 Å². The van der Waals surface area contributed by atoms with Crippen molar-refractivity contribution < 1.29 is 18.8 Å². The van der Waals surface area contributed by atoms with E-state index >= 15 is 0 Å². The maximum atomic E-state index is 13.9. The Morgan fingerprint density at radius 2 is 2.18 bits per heavy atom. The first-order valence-corrected chi connectivity index (χ1v) is 7.35. The number of amides is 1. The van der Waals surface area contributed by atoms with Gasteiger partial charge in [-0.25, -0.2) is 4.39 Å². The predicted molar refractivity (Wildman–Crippen MR) is 78.1 cm³/mol. The van der Waals surface area contributed by atoms with Crippen molar-refractivity contribution in [1.82, 2.24) is 5.32 Å². The van der Waals surface area contributed by atoms with Crippen molar-refractivity contribution >= 4 is 11.6 Å². The zero-order valence-electron chi connectivity index (χ0n) is 12.4. The van der Waals surface area contributed by atoms with Gasteiger partial charge in [0.15, 0.2) is 0 Å². The van der Waals surface area contributed by atoms with Gasteiger partial charge in [0.25, 0.3) is 11.6 Å². The molecule has 1 heterocycles. The van der Waals surface area contributed by atoms with Crippen LogP contribution in [0.2, 0.25) is 0 Å². The zero-order valence-corrected chi connectivity index (χ0v) is 12.4. The molecule has 120 valence electrons. The number of carbonyl (C=O) groups is 1. The molecule has 1 aliphatic heterocycles. The lowest BCUT2D eigenvalue weighted by Gasteiger charge is -2.30. The molecular weight excluding hydrogens is 291 g/mol. The molecule has 1 amide bonds. The lowest BCUT2D eigenvalue weighted by atomic mass is 9.90. The summed E-state index contributed by atoms with van der Waals surface area (Å²) in [5.41, 5.74) is -0.540. The standard InChI is InChI=1S/C15H19FN2O4/c1-2-14(10-5-7-22-8-6-10)17-15(19)12-4-3-11(18(20)21)9-13(12)16/h3-4,9-10,14H,2,5-8H2,1H3,(H,17,19). The normalized spacial score (nSPS) is 17.0. The molecule has 7 heteroatoms. The minimum absolute atomic E-state index is 0.0500. The first-order chi connectivity index (χ1) is 10.5. The van der Waals surface area contributed by atoms with Crippen LogP contribution in [0.5, 0.6) is 0 Å². The van der Waals surface area contributed by atoms with E-state index in [4.69, 9.17) is 4.74 Å². The van der Waals surface area contributed by atoms with Gasteiger partial charge >= 0.3 is 0 Å². The molecule has 0 radical (unpaired) electrons. The molecule has 0 bridgehead atoms. The summed E-state index contributed by atoms with van der Waals surface area (Å²) >= 11 is 0. The molecule has 1 aromatic rings. The Morgan fingerprint density at radius 1 is 1.50 bits per heavy atom. The Labute approximate surface area is 127 Å². The van der Waals surface area contributed by atoms with Crippen LogP contribution < -0.4 is 5.32 Å². The minimum Gasteiger partial charge on any atom is -0.381 e. The highest BCUT2D eigenvalue weighted by molar-refractivity contribution is 5.94. The second kappa shape index (κ2) is 7.31. The molecule has 6 nitrogen and oxygen atoms in total. The van der Waals surface area contributed by atoms with Gasteiger partial charge in [-0.1, -0.05) is 6.92 Å². The summed E-state index contributed by atoms with van der Waals surface area (Å²) in [5.74, 6) is -1.11. The van der Waals surface area contributed by atoms with E-state index in [0.29, 0.717) is 19.1 Å². The molecule has 1 fully saturated rings. The molecule has 0 aromatic heterocycles. The molecule has 1 aromatic carbocycles. The number of halogens is 1. The fourth-order valence-corrected chi connectivity index (χ4v) is 2.72. The van der Waals surface area contributed by atoms with Gasteiger partial charge in [-0.2, -0.15) is 0 Å². The van der Waals surface area contributed by atoms with Crippen LogP contribution in [-0.4, -0.2) is 30.1 Å². The van der Waals surface area contributed by atoms with E-state index in [9.17, 15) is 19.3 Å². The molecule has 1 aliphatic rings. The molecule has 22 heavy (non-hydrogen) atoms. The summed E-state index contributed by atoms with van der Waals surface area (Å²) in [6.45, 7) is 3.30. The van der Waals surface area contributed by atoms with E-state index in [1.807, 2.05) is 6.92 Å². The Hall–Kier alpha value is -2.02. The summed E-state index contributed by atoms with van der Waals surface area (Å²) < 4.78 is 19.2. The van der Waals surface area contributed by atoms with Crippen molar-refractivity contribution in [2.24, 2.45) is 5.92 Å². The quantitative estimate of drug-likeness (QED) is 0.669. The van der Waals surface area contributed by atoms with E-state index in [0.717, 1.165) is 37.5 Å². The van der Waals surface area contributed by atoms with E-state index in [1.165, 1.54) is 0 Å². The highest BCUT2D eigenvalue weighted by Crippen LogP contribution is 2.22. The van der Waals surface area contributed by atoms with E-state index in [2.05, 4.69) is 5.32 Å². The largest absolute Gasteiger partial charge is 0.381 e. The number of ether oxygens (including phenoxy) is 1. The van der Waals surface area contributed by atoms with Crippen molar-refractivity contribution in [2.45, 2.75) is 32.2 Å². The van der Waals surface area contributed by atoms with Crippen LogP contribution in [-0.2, 0) is 4.74 Å². The zero-order chi connectivity index (χ0) is 16.1. The third-order valence-corrected chi connectivity index (χ3v) is 4.00. The minimum atomic E-state index is -0.881. The number of nitrogens with zero attached hydrogens (tertiary/aromatic N) is 1. The van der Waals surface area contributed by atoms with Crippen molar-refractivity contribution in [3.8, 4) is 0 Å². The van der Waals surface area contributed by atoms with Crippen LogP contribution in [0.15, 0.2) is 18.2 Å². The maximum absolute atomic E-state index is 13.9. The third kappa shape index (κ3) is 3.79. The molecule has 1 atom stereocenters. The summed E-state index contributed by atoms with van der Waals surface area (Å²) in [4.78, 5) is 22.1. The van der Waals surface area contributed by atoms with Crippen LogP contribution in [0.3, 0.4) is 0 Å². The van der Waals surface area contributed by atoms with Gasteiger partial charge in [0.2, 0.25) is 0 Å². The number of carbonyl (C=O) groups excluding carboxylic acids is 1. The fraction of sp³-hybridized carbons (Fsp3) is 0.533. The summed E-state index contributed by atoms with van der Waals surface area (Å²) in [5, 5.41) is 13.4. The molecular formula is C15H19FN2O4. The van der Waals surface area contributed by atoms with Gasteiger partial charge in [0.05, 0.1) is 16.6 Å². The number of nitrogens with one attached hydrogen (secondary N) is 1. The predicted octanol–water partition coefficient (Wildman–Crippen LogP) is 2.67. The lowest BCUT2D eigenvalue weighted by Crippen LogP contribution is -2.42. The van der Waals surface area contributed by atoms with Gasteiger partial charge in [-0.05, 0) is 31.2 Å². The maximum Gasteiger partial charge on any atom is 0.272 e. The Balaban J connectivity index is 2.08. The number of nitro benzene ring substituents is 1. The van der Waals surface area contributed by atoms with E-state index in [1.54, 1.807) is 0 Å². The smallest absolute Gasteiger partial charge is 0.272 e. The lowest BCUT2D eigenvalue weighted by molar-refractivity contribution is -0.385. The first-order valence-electron chi connectivity index (χ1n) is 7.35. The van der Waals surface area contributed by atoms with Gasteiger partial charge in [0, 0.05) is 25.3 Å². The monoisotopic (exact) mass is 310 g/mol. The average Bonchev–Trinajstić information content (AvgIpc) is 2.53. The van der Waals surface area contributed by atoms with Crippen molar-refractivity contribution in [3.05, 3.63) is 39.7 Å². The molecule has 1 saturated heterocycles. The third-order valence-electron chi connectivity index (χ3n) is 4.00. The van der Waals surface area contributed by atoms with Crippen LogP contribution in [0.4, 0.5) is 10.1 Å². The highest BCUT2D eigenvalue weighted by Gasteiger charge is 2.25. The van der Waals surface area contributed by atoms with Gasteiger partial charge in [-0.15, -0.1) is 0 Å². The van der Waals surface area contributed by atoms with Gasteiger partial charge < -0.3 is 10.1 Å². The van der Waals surface area contributed by atoms with Crippen LogP contribution in [0.25, 0.3) is 0 Å². The van der Waals surface area contributed by atoms with Crippen molar-refractivity contribution in [2.75, 3.05) is 13.2 Å². The van der Waals surface area contributed by atoms with E-state index < -0.39 is 16.6 Å². The Morgan fingerprint density at radius 3 is 2.73 bits per heavy atom. The first kappa shape index (κ1) is 16.4. The molecule has 0 spiro atoms. The van der Waals surface area contributed by atoms with Crippen LogP contribution in [0.1, 0.15) is 36.5 Å². The van der Waals surface area contributed by atoms with Crippen molar-refractivity contribution in [1.29, 1.82) is 0 Å². The number of nitro groups is 1. The second-order valence-electron chi connectivity index (χ2n) is 5.36. The van der Waals surface area contributed by atoms with Crippen LogP contribution in [0, 0.1) is 21.8 Å².